The molecule has 0 saturated carbocycles. The molecule has 0 aliphatic heterocycles. The second kappa shape index (κ2) is 13.9. The van der Waals surface area contributed by atoms with E-state index in [-0.39, 0.29) is 16.5 Å². The molecule has 0 heterocycles. The Morgan fingerprint density at radius 1 is 0.952 bits per heavy atom. The summed E-state index contributed by atoms with van der Waals surface area (Å²) in [5, 5.41) is 12.2. The first-order chi connectivity index (χ1) is 9.88. The molecule has 0 aromatic heterocycles. The smallest absolute Gasteiger partial charge is 0.257 e. The zero-order valence-electron chi connectivity index (χ0n) is 12.9. The van der Waals surface area contributed by atoms with Crippen molar-refractivity contribution in [2.75, 3.05) is 6.61 Å². The Balaban J connectivity index is 0.00000400. The Morgan fingerprint density at radius 2 is 1.52 bits per heavy atom. The molecule has 1 N–H and O–H groups in total. The summed E-state index contributed by atoms with van der Waals surface area (Å²) in [4.78, 5) is 0. The van der Waals surface area contributed by atoms with Gasteiger partial charge in [-0.2, -0.15) is 0 Å². The summed E-state index contributed by atoms with van der Waals surface area (Å²) in [6, 6.07) is 9.49. The standard InChI is InChI=1S/C17H27NO2.Ni/c1-2-3-4-5-6-7-8-12-15-20-17(18-19)16-13-10-9-11-14-16;/h9-11,13-14,19H,2-8,12,15H2,1H3;. The summed E-state index contributed by atoms with van der Waals surface area (Å²) in [7, 11) is 0. The van der Waals surface area contributed by atoms with E-state index in [9.17, 15) is 0 Å². The number of oxime groups is 1. The van der Waals surface area contributed by atoms with Crippen LogP contribution in [0.1, 0.15) is 63.9 Å². The predicted octanol–water partition coefficient (Wildman–Crippen LogP) is 4.98. The van der Waals surface area contributed by atoms with Crippen LogP contribution in [0.5, 0.6) is 0 Å². The molecule has 0 atom stereocenters. The molecule has 1 aromatic rings. The fourth-order valence-corrected chi connectivity index (χ4v) is 2.16. The third kappa shape index (κ3) is 9.52. The van der Waals surface area contributed by atoms with Crippen molar-refractivity contribution in [2.45, 2.75) is 58.3 Å². The van der Waals surface area contributed by atoms with E-state index in [1.165, 1.54) is 44.9 Å². The van der Waals surface area contributed by atoms with Crippen LogP contribution in [0.15, 0.2) is 35.5 Å². The van der Waals surface area contributed by atoms with Gasteiger partial charge in [0.1, 0.15) is 0 Å². The van der Waals surface area contributed by atoms with Crippen molar-refractivity contribution in [2.24, 2.45) is 5.16 Å². The molecular formula is C17H27NNiO2. The third-order valence-electron chi connectivity index (χ3n) is 3.35. The van der Waals surface area contributed by atoms with Gasteiger partial charge < -0.3 is 9.94 Å². The molecule has 4 heteroatoms. The largest absolute Gasteiger partial charge is 0.475 e. The summed E-state index contributed by atoms with van der Waals surface area (Å²) < 4.78 is 5.52. The quantitative estimate of drug-likeness (QED) is 0.164. The maximum atomic E-state index is 8.97. The number of hydrogen-bond donors (Lipinski definition) is 1. The van der Waals surface area contributed by atoms with E-state index in [1.807, 2.05) is 30.3 Å². The predicted molar refractivity (Wildman–Crippen MR) is 83.3 cm³/mol. The minimum atomic E-state index is 0. The minimum Gasteiger partial charge on any atom is -0.475 e. The number of hydrogen-bond acceptors (Lipinski definition) is 3. The van der Waals surface area contributed by atoms with Gasteiger partial charge in [0.25, 0.3) is 5.90 Å². The SMILES string of the molecule is CCCCCCCCCCOC(=NO)c1ccccc1.[Ni]. The second-order valence-corrected chi connectivity index (χ2v) is 5.09. The molecule has 0 saturated heterocycles. The molecule has 0 spiro atoms. The molecule has 0 unspecified atom stereocenters. The van der Waals surface area contributed by atoms with Gasteiger partial charge in [-0.3, -0.25) is 0 Å². The molecule has 122 valence electrons. The number of benzene rings is 1. The first-order valence-corrected chi connectivity index (χ1v) is 7.78. The fourth-order valence-electron chi connectivity index (χ4n) is 2.16. The Morgan fingerprint density at radius 3 is 2.10 bits per heavy atom. The van der Waals surface area contributed by atoms with Gasteiger partial charge in [0.05, 0.1) is 6.61 Å². The van der Waals surface area contributed by atoms with Crippen LogP contribution in [0.2, 0.25) is 0 Å². The first-order valence-electron chi connectivity index (χ1n) is 7.78. The Labute approximate surface area is 138 Å². The van der Waals surface area contributed by atoms with E-state index < -0.39 is 0 Å². The molecule has 1 rings (SSSR count). The second-order valence-electron chi connectivity index (χ2n) is 5.09. The van der Waals surface area contributed by atoms with Crippen molar-refractivity contribution < 1.29 is 26.4 Å². The summed E-state index contributed by atoms with van der Waals surface area (Å²) in [6.07, 6.45) is 10.2. The zero-order valence-corrected chi connectivity index (χ0v) is 13.9. The Kier molecular flexibility index (Phi) is 13.3. The van der Waals surface area contributed by atoms with E-state index >= 15 is 0 Å². The average molecular weight is 336 g/mol. The molecule has 0 amide bonds. The Bertz CT molecular complexity index is 368. The van der Waals surface area contributed by atoms with E-state index in [2.05, 4.69) is 12.1 Å². The van der Waals surface area contributed by atoms with Crippen molar-refractivity contribution in [3.63, 3.8) is 0 Å². The molecule has 0 radical (unpaired) electrons. The van der Waals surface area contributed by atoms with E-state index in [0.29, 0.717) is 12.5 Å². The number of ether oxygens (including phenoxy) is 1. The zero-order chi connectivity index (χ0) is 14.5. The molecule has 1 aromatic carbocycles. The van der Waals surface area contributed by atoms with Crippen LogP contribution in [0.3, 0.4) is 0 Å². The number of rotatable bonds is 10. The maximum Gasteiger partial charge on any atom is 0.257 e. The van der Waals surface area contributed by atoms with Gasteiger partial charge in [0.2, 0.25) is 0 Å². The topological polar surface area (TPSA) is 41.8 Å². The van der Waals surface area contributed by atoms with Gasteiger partial charge in [-0.05, 0) is 23.7 Å². The van der Waals surface area contributed by atoms with Gasteiger partial charge in [-0.25, -0.2) is 0 Å². The van der Waals surface area contributed by atoms with E-state index in [0.717, 1.165) is 12.0 Å². The molecule has 0 aliphatic carbocycles. The van der Waals surface area contributed by atoms with E-state index in [1.54, 1.807) is 0 Å². The summed E-state index contributed by atoms with van der Waals surface area (Å²) in [5.74, 6) is 0.313. The van der Waals surface area contributed by atoms with Crippen LogP contribution in [-0.4, -0.2) is 17.7 Å². The van der Waals surface area contributed by atoms with Crippen LogP contribution in [-0.2, 0) is 21.2 Å². The van der Waals surface area contributed by atoms with Crippen LogP contribution >= 0.6 is 0 Å². The Hall–Kier alpha value is -1.02. The van der Waals surface area contributed by atoms with Gasteiger partial charge in [0.15, 0.2) is 0 Å². The summed E-state index contributed by atoms with van der Waals surface area (Å²) >= 11 is 0. The van der Waals surface area contributed by atoms with Crippen molar-refractivity contribution in [1.82, 2.24) is 0 Å². The first kappa shape index (κ1) is 20.0. The normalized spacial score (nSPS) is 11.0. The molecular weight excluding hydrogens is 309 g/mol. The van der Waals surface area contributed by atoms with Crippen LogP contribution in [0.25, 0.3) is 0 Å². The molecule has 21 heavy (non-hydrogen) atoms. The van der Waals surface area contributed by atoms with Gasteiger partial charge >= 0.3 is 0 Å². The number of nitrogens with zero attached hydrogens (tertiary/aromatic N) is 1. The van der Waals surface area contributed by atoms with Crippen molar-refractivity contribution in [3.05, 3.63) is 35.9 Å². The van der Waals surface area contributed by atoms with Crippen LogP contribution in [0, 0.1) is 0 Å². The van der Waals surface area contributed by atoms with Gasteiger partial charge in [-0.15, -0.1) is 0 Å². The van der Waals surface area contributed by atoms with Crippen LogP contribution in [0.4, 0.5) is 0 Å². The van der Waals surface area contributed by atoms with Crippen molar-refractivity contribution in [3.8, 4) is 0 Å². The summed E-state index contributed by atoms with van der Waals surface area (Å²) in [6.45, 7) is 2.85. The number of unbranched alkanes of at least 4 members (excludes halogenated alkanes) is 7. The van der Waals surface area contributed by atoms with Gasteiger partial charge in [-0.1, -0.05) is 70.1 Å². The molecule has 0 fully saturated rings. The van der Waals surface area contributed by atoms with Gasteiger partial charge in [0, 0.05) is 22.1 Å². The fraction of sp³-hybridized carbons (Fsp3) is 0.588. The third-order valence-corrected chi connectivity index (χ3v) is 3.35. The average Bonchev–Trinajstić information content (AvgIpc) is 2.50. The minimum absolute atomic E-state index is 0. The molecule has 3 nitrogen and oxygen atoms in total. The van der Waals surface area contributed by atoms with Crippen LogP contribution < -0.4 is 0 Å². The molecule has 0 aliphatic rings. The summed E-state index contributed by atoms with van der Waals surface area (Å²) in [5.41, 5.74) is 0.814. The molecule has 0 bridgehead atoms. The monoisotopic (exact) mass is 335 g/mol. The van der Waals surface area contributed by atoms with Crippen molar-refractivity contribution >= 4 is 5.90 Å². The van der Waals surface area contributed by atoms with E-state index in [4.69, 9.17) is 9.94 Å². The van der Waals surface area contributed by atoms with Crippen molar-refractivity contribution in [1.29, 1.82) is 0 Å². The maximum absolute atomic E-state index is 8.97.